The van der Waals surface area contributed by atoms with E-state index in [1.807, 2.05) is 12.3 Å². The van der Waals surface area contributed by atoms with E-state index in [0.717, 1.165) is 11.8 Å². The van der Waals surface area contributed by atoms with Crippen molar-refractivity contribution < 1.29 is 13.9 Å². The third-order valence-corrected chi connectivity index (χ3v) is 2.38. The standard InChI is InChI=1S/C11H16N6O3/c1-2-7-5-20-10(15-11(18)16-17-14)8(7)6-19-9(13)3-4-12/h3-5,12H,2,6,13H2,1H3,(H3,14,15,16,18). The fraction of sp³-hybridized carbons (Fsp3) is 0.273. The maximum Gasteiger partial charge on any atom is 0.343 e. The predicted octanol–water partition coefficient (Wildman–Crippen LogP) is 1.88. The quantitative estimate of drug-likeness (QED) is 0.224. The highest BCUT2D eigenvalue weighted by molar-refractivity contribution is 5.88. The zero-order valence-electron chi connectivity index (χ0n) is 10.9. The Morgan fingerprint density at radius 2 is 2.40 bits per heavy atom. The van der Waals surface area contributed by atoms with Gasteiger partial charge in [0.1, 0.15) is 6.61 Å². The van der Waals surface area contributed by atoms with Crippen molar-refractivity contribution in [2.45, 2.75) is 20.0 Å². The van der Waals surface area contributed by atoms with E-state index in [2.05, 4.69) is 10.5 Å². The summed E-state index contributed by atoms with van der Waals surface area (Å²) in [4.78, 5) is 11.3. The highest BCUT2D eigenvalue weighted by atomic mass is 16.5. The fourth-order valence-corrected chi connectivity index (χ4v) is 1.45. The fourth-order valence-electron chi connectivity index (χ4n) is 1.45. The van der Waals surface area contributed by atoms with Gasteiger partial charge in [-0.1, -0.05) is 12.1 Å². The van der Waals surface area contributed by atoms with E-state index in [-0.39, 0.29) is 18.4 Å². The molecule has 20 heavy (non-hydrogen) atoms. The molecule has 0 spiro atoms. The van der Waals surface area contributed by atoms with E-state index in [1.54, 1.807) is 0 Å². The Kier molecular flexibility index (Phi) is 5.75. The number of ether oxygens (including phenoxy) is 1. The highest BCUT2D eigenvalue weighted by Gasteiger charge is 2.15. The molecule has 9 heteroatoms. The lowest BCUT2D eigenvalue weighted by Crippen LogP contribution is -2.23. The molecule has 0 unspecified atom stereocenters. The molecule has 108 valence electrons. The first kappa shape index (κ1) is 15.2. The second kappa shape index (κ2) is 7.56. The number of hydrogen-bond donors (Lipinski definition) is 5. The lowest BCUT2D eigenvalue weighted by atomic mass is 10.1. The monoisotopic (exact) mass is 280 g/mol. The summed E-state index contributed by atoms with van der Waals surface area (Å²) in [6.45, 7) is 2.01. The van der Waals surface area contributed by atoms with Crippen LogP contribution in [0.25, 0.3) is 0 Å². The van der Waals surface area contributed by atoms with Crippen LogP contribution >= 0.6 is 0 Å². The van der Waals surface area contributed by atoms with E-state index in [4.69, 9.17) is 25.8 Å². The van der Waals surface area contributed by atoms with Crippen molar-refractivity contribution >= 4 is 18.1 Å². The third kappa shape index (κ3) is 4.12. The summed E-state index contributed by atoms with van der Waals surface area (Å²) in [5.41, 5.74) is 15.4. The smallest absolute Gasteiger partial charge is 0.343 e. The molecule has 0 aliphatic rings. The second-order valence-corrected chi connectivity index (χ2v) is 3.62. The molecule has 1 rings (SSSR count). The van der Waals surface area contributed by atoms with Crippen LogP contribution in [0.4, 0.5) is 10.7 Å². The van der Waals surface area contributed by atoms with E-state index in [9.17, 15) is 4.79 Å². The Labute approximate surface area is 115 Å². The van der Waals surface area contributed by atoms with Gasteiger partial charge in [0.25, 0.3) is 0 Å². The molecule has 0 saturated carbocycles. The Morgan fingerprint density at radius 3 is 3.00 bits per heavy atom. The van der Waals surface area contributed by atoms with Crippen LogP contribution in [0, 0.1) is 10.9 Å². The van der Waals surface area contributed by atoms with Gasteiger partial charge in [-0.2, -0.15) is 5.53 Å². The Bertz CT molecular complexity index is 522. The lowest BCUT2D eigenvalue weighted by Gasteiger charge is -2.08. The number of furan rings is 1. The predicted molar refractivity (Wildman–Crippen MR) is 71.2 cm³/mol. The van der Waals surface area contributed by atoms with Gasteiger partial charge in [-0.25, -0.2) is 10.2 Å². The molecule has 9 nitrogen and oxygen atoms in total. The van der Waals surface area contributed by atoms with Crippen LogP contribution in [0.5, 0.6) is 0 Å². The third-order valence-electron chi connectivity index (χ3n) is 2.38. The molecule has 0 aliphatic carbocycles. The number of allylic oxidation sites excluding steroid dienone is 1. The number of carbonyl (C=O) groups excluding carboxylic acids is 1. The number of urea groups is 1. The second-order valence-electron chi connectivity index (χ2n) is 3.62. The summed E-state index contributed by atoms with van der Waals surface area (Å²) in [7, 11) is 0. The van der Waals surface area contributed by atoms with Gasteiger partial charge in [-0.05, 0) is 12.0 Å². The molecule has 0 aromatic carbocycles. The largest absolute Gasteiger partial charge is 0.474 e. The summed E-state index contributed by atoms with van der Waals surface area (Å²) >= 11 is 0. The number of nitrogens with two attached hydrogens (primary N) is 1. The first-order chi connectivity index (χ1) is 9.62. The maximum absolute atomic E-state index is 11.3. The molecule has 1 aromatic rings. The van der Waals surface area contributed by atoms with Crippen molar-refractivity contribution in [3.05, 3.63) is 29.3 Å². The van der Waals surface area contributed by atoms with Crippen molar-refractivity contribution in [3.8, 4) is 0 Å². The van der Waals surface area contributed by atoms with E-state index in [0.29, 0.717) is 12.0 Å². The van der Waals surface area contributed by atoms with Crippen LogP contribution in [-0.2, 0) is 17.8 Å². The molecule has 0 fully saturated rings. The van der Waals surface area contributed by atoms with E-state index >= 15 is 0 Å². The SMILES string of the molecule is CCc1coc(NC(=O)NN=N)c1COC(N)=CC=N. The van der Waals surface area contributed by atoms with Crippen molar-refractivity contribution in [2.75, 3.05) is 5.32 Å². The minimum absolute atomic E-state index is 0.0832. The molecule has 6 N–H and O–H groups in total. The number of carbonyl (C=O) groups is 1. The van der Waals surface area contributed by atoms with Gasteiger partial charge in [0.15, 0.2) is 5.88 Å². The Morgan fingerprint density at radius 1 is 1.65 bits per heavy atom. The van der Waals surface area contributed by atoms with Crippen molar-refractivity contribution in [3.63, 3.8) is 0 Å². The number of anilines is 1. The number of nitrogens with zero attached hydrogens (tertiary/aromatic N) is 1. The first-order valence-corrected chi connectivity index (χ1v) is 5.74. The van der Waals surface area contributed by atoms with Gasteiger partial charge in [0.2, 0.25) is 5.88 Å². The Hall–Kier alpha value is -2.84. The van der Waals surface area contributed by atoms with Gasteiger partial charge >= 0.3 is 6.03 Å². The topological polar surface area (TPSA) is 150 Å². The van der Waals surface area contributed by atoms with Crippen molar-refractivity contribution in [1.82, 2.24) is 5.43 Å². The van der Waals surface area contributed by atoms with Crippen molar-refractivity contribution in [2.24, 2.45) is 11.0 Å². The average Bonchev–Trinajstić information content (AvgIpc) is 2.79. The van der Waals surface area contributed by atoms with Gasteiger partial charge in [-0.3, -0.25) is 5.32 Å². The van der Waals surface area contributed by atoms with Crippen LogP contribution in [-0.4, -0.2) is 12.2 Å². The van der Waals surface area contributed by atoms with Gasteiger partial charge in [-0.15, -0.1) is 0 Å². The first-order valence-electron chi connectivity index (χ1n) is 5.74. The number of aryl methyl sites for hydroxylation is 1. The lowest BCUT2D eigenvalue weighted by molar-refractivity contribution is 0.196. The summed E-state index contributed by atoms with van der Waals surface area (Å²) in [5, 5.41) is 12.0. The molecule has 0 atom stereocenters. The average molecular weight is 280 g/mol. The van der Waals surface area contributed by atoms with Crippen LogP contribution in [0.15, 0.2) is 27.9 Å². The highest BCUT2D eigenvalue weighted by Crippen LogP contribution is 2.24. The summed E-state index contributed by atoms with van der Waals surface area (Å²) in [6, 6.07) is -0.693. The van der Waals surface area contributed by atoms with Crippen LogP contribution < -0.4 is 16.5 Å². The zero-order valence-corrected chi connectivity index (χ0v) is 10.9. The molecule has 0 saturated heterocycles. The minimum atomic E-state index is -0.693. The molecule has 1 heterocycles. The molecular weight excluding hydrogens is 264 g/mol. The van der Waals surface area contributed by atoms with Crippen LogP contribution in [0.1, 0.15) is 18.1 Å². The summed E-state index contributed by atoms with van der Waals surface area (Å²) in [6.07, 6.45) is 4.49. The zero-order chi connectivity index (χ0) is 15.0. The van der Waals surface area contributed by atoms with Crippen LogP contribution in [0.3, 0.4) is 0 Å². The number of amides is 2. The van der Waals surface area contributed by atoms with E-state index in [1.165, 1.54) is 12.3 Å². The van der Waals surface area contributed by atoms with Crippen LogP contribution in [0.2, 0.25) is 0 Å². The molecule has 0 bridgehead atoms. The number of rotatable bonds is 7. The minimum Gasteiger partial charge on any atom is -0.474 e. The van der Waals surface area contributed by atoms with Crippen molar-refractivity contribution in [1.29, 1.82) is 10.9 Å². The Balaban J connectivity index is 2.83. The molecule has 0 aliphatic heterocycles. The molecular formula is C11H16N6O3. The van der Waals surface area contributed by atoms with Gasteiger partial charge in [0.05, 0.1) is 11.8 Å². The summed E-state index contributed by atoms with van der Waals surface area (Å²) < 4.78 is 10.5. The van der Waals surface area contributed by atoms with E-state index < -0.39 is 6.03 Å². The van der Waals surface area contributed by atoms with Gasteiger partial charge < -0.3 is 20.3 Å². The summed E-state index contributed by atoms with van der Waals surface area (Å²) in [5.74, 6) is 0.283. The molecule has 2 amide bonds. The number of nitrogens with one attached hydrogen (secondary N) is 4. The van der Waals surface area contributed by atoms with Gasteiger partial charge in [0, 0.05) is 12.3 Å². The molecule has 0 radical (unpaired) electrons. The normalized spacial score (nSPS) is 10.8. The maximum atomic E-state index is 11.3. The number of hydrogen-bond acceptors (Lipinski definition) is 7. The molecule has 1 aromatic heterocycles.